The fourth-order valence-electron chi connectivity index (χ4n) is 3.68. The summed E-state index contributed by atoms with van der Waals surface area (Å²) in [4.78, 5) is 27.8. The van der Waals surface area contributed by atoms with Crippen LogP contribution in [-0.2, 0) is 10.0 Å². The molecule has 0 saturated carbocycles. The molecular formula is C19H24N2O4S. The van der Waals surface area contributed by atoms with E-state index in [2.05, 4.69) is 0 Å². The van der Waals surface area contributed by atoms with Crippen LogP contribution in [0.1, 0.15) is 53.8 Å². The molecule has 1 aromatic rings. The number of hydrogen-bond donors (Lipinski definition) is 0. The van der Waals surface area contributed by atoms with Gasteiger partial charge in [-0.15, -0.1) is 0 Å². The average Bonchev–Trinajstić information content (AvgIpc) is 2.65. The summed E-state index contributed by atoms with van der Waals surface area (Å²) in [5.41, 5.74) is 0.515. The zero-order chi connectivity index (χ0) is 18.9. The SMILES string of the molecule is CCN(CC)S(=O)(=O)C1=C(N2CCCCC2)C(=O)c2ccccc2C1=O. The van der Waals surface area contributed by atoms with Crippen molar-refractivity contribution in [2.45, 2.75) is 33.1 Å². The van der Waals surface area contributed by atoms with Gasteiger partial charge in [0.2, 0.25) is 21.6 Å². The Morgan fingerprint density at radius 2 is 1.46 bits per heavy atom. The van der Waals surface area contributed by atoms with Crippen LogP contribution in [0.15, 0.2) is 34.9 Å². The second-order valence-electron chi connectivity index (χ2n) is 6.52. The third kappa shape index (κ3) is 2.99. The molecule has 1 aliphatic carbocycles. The number of rotatable bonds is 5. The van der Waals surface area contributed by atoms with E-state index in [0.717, 1.165) is 19.3 Å². The lowest BCUT2D eigenvalue weighted by Gasteiger charge is -2.34. The molecule has 0 atom stereocenters. The van der Waals surface area contributed by atoms with E-state index >= 15 is 0 Å². The summed E-state index contributed by atoms with van der Waals surface area (Å²) in [5.74, 6) is -0.944. The first kappa shape index (κ1) is 18.8. The van der Waals surface area contributed by atoms with Gasteiger partial charge in [-0.05, 0) is 19.3 Å². The molecule has 0 spiro atoms. The maximum Gasteiger partial charge on any atom is 0.249 e. The van der Waals surface area contributed by atoms with E-state index in [1.807, 2.05) is 0 Å². The highest BCUT2D eigenvalue weighted by molar-refractivity contribution is 7.94. The number of sulfonamides is 1. The lowest BCUT2D eigenvalue weighted by atomic mass is 9.91. The number of carbonyl (C=O) groups is 2. The fourth-order valence-corrected chi connectivity index (χ4v) is 5.42. The first-order chi connectivity index (χ1) is 12.4. The molecule has 0 bridgehead atoms. The first-order valence-electron chi connectivity index (χ1n) is 9.11. The molecule has 0 aromatic heterocycles. The topological polar surface area (TPSA) is 74.8 Å². The van der Waals surface area contributed by atoms with Crippen LogP contribution in [0, 0.1) is 0 Å². The number of benzene rings is 1. The molecule has 1 aliphatic heterocycles. The maximum atomic E-state index is 13.2. The molecule has 1 aromatic carbocycles. The van der Waals surface area contributed by atoms with Gasteiger partial charge in [0.25, 0.3) is 0 Å². The Hall–Kier alpha value is -1.99. The summed E-state index contributed by atoms with van der Waals surface area (Å²) >= 11 is 0. The number of ketones is 2. The lowest BCUT2D eigenvalue weighted by molar-refractivity contribution is 0.0939. The maximum absolute atomic E-state index is 13.2. The minimum atomic E-state index is -4.05. The van der Waals surface area contributed by atoms with Crippen molar-refractivity contribution in [3.8, 4) is 0 Å². The zero-order valence-corrected chi connectivity index (χ0v) is 16.0. The van der Waals surface area contributed by atoms with Crippen LogP contribution in [0.4, 0.5) is 0 Å². The van der Waals surface area contributed by atoms with Crippen molar-refractivity contribution in [3.05, 3.63) is 46.0 Å². The van der Waals surface area contributed by atoms with Gasteiger partial charge in [-0.1, -0.05) is 38.1 Å². The van der Waals surface area contributed by atoms with E-state index in [1.54, 1.807) is 36.9 Å². The highest BCUT2D eigenvalue weighted by atomic mass is 32.2. The minimum Gasteiger partial charge on any atom is -0.367 e. The first-order valence-corrected chi connectivity index (χ1v) is 10.5. The van der Waals surface area contributed by atoms with Crippen molar-refractivity contribution >= 4 is 21.6 Å². The molecule has 26 heavy (non-hydrogen) atoms. The van der Waals surface area contributed by atoms with Gasteiger partial charge in [-0.3, -0.25) is 9.59 Å². The molecule has 2 aliphatic rings. The predicted molar refractivity (Wildman–Crippen MR) is 99.4 cm³/mol. The van der Waals surface area contributed by atoms with Gasteiger partial charge in [0.15, 0.2) is 4.91 Å². The third-order valence-corrected chi connectivity index (χ3v) is 7.12. The number of likely N-dealkylation sites (tertiary alicyclic amines) is 1. The number of Topliss-reactive ketones (excluding diaryl/α,β-unsaturated/α-hetero) is 2. The van der Waals surface area contributed by atoms with Crippen molar-refractivity contribution in [1.82, 2.24) is 9.21 Å². The summed E-state index contributed by atoms with van der Waals surface area (Å²) in [6.45, 7) is 5.13. The van der Waals surface area contributed by atoms with Crippen molar-refractivity contribution in [2.75, 3.05) is 26.2 Å². The smallest absolute Gasteiger partial charge is 0.249 e. The normalized spacial score (nSPS) is 18.5. The lowest BCUT2D eigenvalue weighted by Crippen LogP contribution is -2.42. The van der Waals surface area contributed by atoms with Crippen LogP contribution >= 0.6 is 0 Å². The molecule has 3 rings (SSSR count). The van der Waals surface area contributed by atoms with Crippen molar-refractivity contribution in [1.29, 1.82) is 0 Å². The van der Waals surface area contributed by atoms with E-state index in [1.165, 1.54) is 10.4 Å². The Morgan fingerprint density at radius 1 is 0.923 bits per heavy atom. The van der Waals surface area contributed by atoms with Gasteiger partial charge in [0.05, 0.1) is 0 Å². The van der Waals surface area contributed by atoms with Crippen molar-refractivity contribution in [3.63, 3.8) is 0 Å². The zero-order valence-electron chi connectivity index (χ0n) is 15.2. The third-order valence-electron chi connectivity index (χ3n) is 5.03. The Morgan fingerprint density at radius 3 is 2.00 bits per heavy atom. The van der Waals surface area contributed by atoms with Gasteiger partial charge in [0.1, 0.15) is 5.70 Å². The second-order valence-corrected chi connectivity index (χ2v) is 8.39. The molecule has 1 fully saturated rings. The highest BCUT2D eigenvalue weighted by Crippen LogP contribution is 2.34. The number of allylic oxidation sites excluding steroid dienone is 2. The van der Waals surface area contributed by atoms with Crippen LogP contribution in [0.2, 0.25) is 0 Å². The summed E-state index contributed by atoms with van der Waals surface area (Å²) in [6, 6.07) is 6.47. The van der Waals surface area contributed by atoms with Gasteiger partial charge in [0, 0.05) is 37.3 Å². The molecule has 1 heterocycles. The second kappa shape index (κ2) is 7.32. The number of hydrogen-bond acceptors (Lipinski definition) is 5. The van der Waals surface area contributed by atoms with Crippen LogP contribution in [0.25, 0.3) is 0 Å². The van der Waals surface area contributed by atoms with E-state index in [4.69, 9.17) is 0 Å². The molecule has 0 N–H and O–H groups in total. The molecular weight excluding hydrogens is 352 g/mol. The van der Waals surface area contributed by atoms with Crippen LogP contribution < -0.4 is 0 Å². The number of fused-ring (bicyclic) bond motifs is 1. The molecule has 7 heteroatoms. The quantitative estimate of drug-likeness (QED) is 0.789. The highest BCUT2D eigenvalue weighted by Gasteiger charge is 2.43. The Labute approximate surface area is 154 Å². The van der Waals surface area contributed by atoms with Gasteiger partial charge in [-0.2, -0.15) is 4.31 Å². The number of piperidine rings is 1. The predicted octanol–water partition coefficient (Wildman–Crippen LogP) is 2.43. The van der Waals surface area contributed by atoms with Crippen LogP contribution in [0.5, 0.6) is 0 Å². The monoisotopic (exact) mass is 376 g/mol. The Kier molecular flexibility index (Phi) is 5.29. The molecule has 0 radical (unpaired) electrons. The van der Waals surface area contributed by atoms with Crippen LogP contribution in [0.3, 0.4) is 0 Å². The van der Waals surface area contributed by atoms with Crippen LogP contribution in [-0.4, -0.2) is 55.4 Å². The van der Waals surface area contributed by atoms with E-state index < -0.39 is 15.8 Å². The number of carbonyl (C=O) groups excluding carboxylic acids is 2. The summed E-state index contributed by atoms with van der Waals surface area (Å²) < 4.78 is 27.7. The molecule has 6 nitrogen and oxygen atoms in total. The van der Waals surface area contributed by atoms with Crippen molar-refractivity contribution in [2.24, 2.45) is 0 Å². The largest absolute Gasteiger partial charge is 0.367 e. The molecule has 1 saturated heterocycles. The summed E-state index contributed by atoms with van der Waals surface area (Å²) in [7, 11) is -4.05. The average molecular weight is 376 g/mol. The van der Waals surface area contributed by atoms with E-state index in [0.29, 0.717) is 13.1 Å². The van der Waals surface area contributed by atoms with E-state index in [9.17, 15) is 18.0 Å². The summed E-state index contributed by atoms with van der Waals surface area (Å²) in [6.07, 6.45) is 2.80. The molecule has 140 valence electrons. The standard InChI is InChI=1S/C19H24N2O4S/c1-3-21(4-2)26(24,25)19-16(20-12-8-5-9-13-20)17(22)14-10-6-7-11-15(14)18(19)23/h6-7,10-11H,3-5,8-9,12-13H2,1-2H3. The Balaban J connectivity index is 2.25. The molecule has 0 unspecified atom stereocenters. The summed E-state index contributed by atoms with van der Waals surface area (Å²) in [5, 5.41) is 0. The van der Waals surface area contributed by atoms with Gasteiger partial charge in [-0.25, -0.2) is 8.42 Å². The van der Waals surface area contributed by atoms with Gasteiger partial charge < -0.3 is 4.90 Å². The van der Waals surface area contributed by atoms with E-state index in [-0.39, 0.29) is 40.6 Å². The molecule has 0 amide bonds. The minimum absolute atomic E-state index is 0.0558. The fraction of sp³-hybridized carbons (Fsp3) is 0.474. The Bertz CT molecular complexity index is 863. The van der Waals surface area contributed by atoms with Gasteiger partial charge >= 0.3 is 0 Å². The number of nitrogens with zero attached hydrogens (tertiary/aromatic N) is 2. The van der Waals surface area contributed by atoms with Crippen molar-refractivity contribution < 1.29 is 18.0 Å².